The summed E-state index contributed by atoms with van der Waals surface area (Å²) in [5.74, 6) is 0.154. The van der Waals surface area contributed by atoms with Crippen molar-refractivity contribution in [1.82, 2.24) is 4.90 Å². The van der Waals surface area contributed by atoms with E-state index in [1.807, 2.05) is 23.1 Å². The molecule has 1 saturated carbocycles. The van der Waals surface area contributed by atoms with Crippen molar-refractivity contribution >= 4 is 11.9 Å². The van der Waals surface area contributed by atoms with Crippen LogP contribution in [0.15, 0.2) is 30.3 Å². The highest BCUT2D eigenvalue weighted by atomic mass is 16.5. The summed E-state index contributed by atoms with van der Waals surface area (Å²) >= 11 is 0. The predicted molar refractivity (Wildman–Crippen MR) is 78.3 cm³/mol. The van der Waals surface area contributed by atoms with Gasteiger partial charge in [-0.25, -0.2) is 0 Å². The van der Waals surface area contributed by atoms with Crippen LogP contribution in [0.25, 0.3) is 0 Å². The van der Waals surface area contributed by atoms with Crippen LogP contribution in [0.4, 0.5) is 0 Å². The number of hydrogen-bond donors (Lipinski definition) is 0. The van der Waals surface area contributed by atoms with Gasteiger partial charge in [0.15, 0.2) is 0 Å². The number of ether oxygens (including phenoxy) is 1. The molecule has 0 N–H and O–H groups in total. The van der Waals surface area contributed by atoms with Gasteiger partial charge in [0.25, 0.3) is 0 Å². The number of benzene rings is 1. The van der Waals surface area contributed by atoms with Crippen molar-refractivity contribution in [2.45, 2.75) is 51.3 Å². The topological polar surface area (TPSA) is 46.6 Å². The Kier molecular flexibility index (Phi) is 3.95. The lowest BCUT2D eigenvalue weighted by Crippen LogP contribution is -2.52. The molecule has 1 saturated heterocycles. The maximum atomic E-state index is 12.4. The molecule has 0 aromatic heterocycles. The Balaban J connectivity index is 1.68. The van der Waals surface area contributed by atoms with Crippen molar-refractivity contribution < 1.29 is 14.3 Å². The predicted octanol–water partition coefficient (Wildman–Crippen LogP) is 2.52. The molecule has 2 fully saturated rings. The number of amides is 1. The van der Waals surface area contributed by atoms with Crippen molar-refractivity contribution in [2.24, 2.45) is 5.92 Å². The van der Waals surface area contributed by atoms with Gasteiger partial charge in [0, 0.05) is 31.8 Å². The first-order chi connectivity index (χ1) is 10.1. The summed E-state index contributed by atoms with van der Waals surface area (Å²) in [6.07, 6.45) is 3.18. The third-order valence-corrected chi connectivity index (χ3v) is 4.60. The van der Waals surface area contributed by atoms with Crippen LogP contribution in [0, 0.1) is 5.92 Å². The molecule has 1 aromatic rings. The molecular weight excluding hydrogens is 266 g/mol. The van der Waals surface area contributed by atoms with Gasteiger partial charge in [0.1, 0.15) is 6.10 Å². The molecule has 1 amide bonds. The van der Waals surface area contributed by atoms with Gasteiger partial charge in [-0.05, 0) is 24.8 Å². The SMILES string of the molecule is CC(=O)O[C@H]1CC[C@@H]2C[C@H]1CC(=O)N2Cc1ccccc1. The Morgan fingerprint density at radius 1 is 1.29 bits per heavy atom. The number of carbonyl (C=O) groups is 2. The van der Waals surface area contributed by atoms with Crippen LogP contribution >= 0.6 is 0 Å². The second-order valence-corrected chi connectivity index (χ2v) is 6.09. The number of piperidine rings is 1. The van der Waals surface area contributed by atoms with E-state index in [1.165, 1.54) is 12.5 Å². The fourth-order valence-corrected chi connectivity index (χ4v) is 3.62. The normalized spacial score (nSPS) is 28.3. The molecule has 3 atom stereocenters. The summed E-state index contributed by atoms with van der Waals surface area (Å²) < 4.78 is 5.37. The Hall–Kier alpha value is -1.84. The van der Waals surface area contributed by atoms with Gasteiger partial charge in [-0.3, -0.25) is 9.59 Å². The van der Waals surface area contributed by atoms with Gasteiger partial charge < -0.3 is 9.64 Å². The summed E-state index contributed by atoms with van der Waals surface area (Å²) in [6, 6.07) is 10.4. The van der Waals surface area contributed by atoms with Gasteiger partial charge in [-0.1, -0.05) is 30.3 Å². The molecule has 2 aliphatic rings. The number of hydrogen-bond acceptors (Lipinski definition) is 3. The fraction of sp³-hybridized carbons (Fsp3) is 0.529. The highest BCUT2D eigenvalue weighted by molar-refractivity contribution is 5.78. The second kappa shape index (κ2) is 5.88. The highest BCUT2D eigenvalue weighted by Gasteiger charge is 2.42. The lowest BCUT2D eigenvalue weighted by molar-refractivity contribution is -0.160. The molecule has 1 aromatic carbocycles. The minimum absolute atomic E-state index is 0.0680. The van der Waals surface area contributed by atoms with Crippen LogP contribution < -0.4 is 0 Å². The van der Waals surface area contributed by atoms with Gasteiger partial charge in [-0.2, -0.15) is 0 Å². The second-order valence-electron chi connectivity index (χ2n) is 6.09. The van der Waals surface area contributed by atoms with Crippen LogP contribution in [0.3, 0.4) is 0 Å². The van der Waals surface area contributed by atoms with Gasteiger partial charge >= 0.3 is 5.97 Å². The fourth-order valence-electron chi connectivity index (χ4n) is 3.62. The molecule has 4 heteroatoms. The molecule has 21 heavy (non-hydrogen) atoms. The Morgan fingerprint density at radius 2 is 2.05 bits per heavy atom. The number of carbonyl (C=O) groups excluding carboxylic acids is 2. The van der Waals surface area contributed by atoms with Crippen molar-refractivity contribution in [3.8, 4) is 0 Å². The Morgan fingerprint density at radius 3 is 2.76 bits per heavy atom. The average molecular weight is 287 g/mol. The molecule has 1 heterocycles. The zero-order valence-electron chi connectivity index (χ0n) is 12.3. The van der Waals surface area contributed by atoms with Gasteiger partial charge in [0.05, 0.1) is 0 Å². The quantitative estimate of drug-likeness (QED) is 0.803. The van der Waals surface area contributed by atoms with E-state index in [4.69, 9.17) is 4.74 Å². The van der Waals surface area contributed by atoms with Crippen LogP contribution in [-0.4, -0.2) is 28.9 Å². The number of fused-ring (bicyclic) bond motifs is 2. The maximum Gasteiger partial charge on any atom is 0.302 e. The average Bonchev–Trinajstić information content (AvgIpc) is 2.46. The minimum Gasteiger partial charge on any atom is -0.462 e. The first-order valence-electron chi connectivity index (χ1n) is 7.64. The molecule has 112 valence electrons. The zero-order valence-corrected chi connectivity index (χ0v) is 12.3. The third-order valence-electron chi connectivity index (χ3n) is 4.60. The summed E-state index contributed by atoms with van der Waals surface area (Å²) in [6.45, 7) is 2.13. The standard InChI is InChI=1S/C17H21NO3/c1-12(19)21-16-8-7-15-9-14(16)10-17(20)18(15)11-13-5-3-2-4-6-13/h2-6,14-16H,7-11H2,1H3/t14-,15+,16-/m0/s1. The molecule has 0 spiro atoms. The minimum atomic E-state index is -0.238. The molecule has 3 rings (SSSR count). The van der Waals surface area contributed by atoms with E-state index in [9.17, 15) is 9.59 Å². The summed E-state index contributed by atoms with van der Waals surface area (Å²) in [4.78, 5) is 25.6. The summed E-state index contributed by atoms with van der Waals surface area (Å²) in [7, 11) is 0. The molecule has 4 nitrogen and oxygen atoms in total. The molecule has 1 aliphatic carbocycles. The number of nitrogens with zero attached hydrogens (tertiary/aromatic N) is 1. The van der Waals surface area contributed by atoms with Crippen LogP contribution in [-0.2, 0) is 20.9 Å². The molecule has 1 aliphatic heterocycles. The van der Waals surface area contributed by atoms with Crippen molar-refractivity contribution in [2.75, 3.05) is 0 Å². The summed E-state index contributed by atoms with van der Waals surface area (Å²) in [5, 5.41) is 0. The summed E-state index contributed by atoms with van der Waals surface area (Å²) in [5.41, 5.74) is 1.17. The zero-order chi connectivity index (χ0) is 14.8. The number of rotatable bonds is 3. The van der Waals surface area contributed by atoms with E-state index in [2.05, 4.69) is 12.1 Å². The largest absolute Gasteiger partial charge is 0.462 e. The van der Waals surface area contributed by atoms with Crippen LogP contribution in [0.2, 0.25) is 0 Å². The lowest BCUT2D eigenvalue weighted by atomic mass is 9.77. The number of esters is 1. The van der Waals surface area contributed by atoms with Crippen molar-refractivity contribution in [3.05, 3.63) is 35.9 Å². The molecule has 2 bridgehead atoms. The van der Waals surface area contributed by atoms with Crippen LogP contribution in [0.1, 0.15) is 38.2 Å². The molecule has 0 unspecified atom stereocenters. The maximum absolute atomic E-state index is 12.4. The Labute approximate surface area is 125 Å². The van der Waals surface area contributed by atoms with E-state index in [1.54, 1.807) is 0 Å². The highest BCUT2D eigenvalue weighted by Crippen LogP contribution is 2.37. The van der Waals surface area contributed by atoms with Crippen molar-refractivity contribution in [1.29, 1.82) is 0 Å². The smallest absolute Gasteiger partial charge is 0.302 e. The van der Waals surface area contributed by atoms with E-state index >= 15 is 0 Å². The van der Waals surface area contributed by atoms with Crippen molar-refractivity contribution in [3.63, 3.8) is 0 Å². The molecular formula is C17H21NO3. The van der Waals surface area contributed by atoms with E-state index < -0.39 is 0 Å². The third kappa shape index (κ3) is 3.09. The molecule has 0 radical (unpaired) electrons. The Bertz CT molecular complexity index is 528. The van der Waals surface area contributed by atoms with Gasteiger partial charge in [-0.15, -0.1) is 0 Å². The van der Waals surface area contributed by atoms with E-state index in [-0.39, 0.29) is 23.9 Å². The van der Waals surface area contributed by atoms with E-state index in [0.29, 0.717) is 19.0 Å². The van der Waals surface area contributed by atoms with Crippen LogP contribution in [0.5, 0.6) is 0 Å². The first-order valence-corrected chi connectivity index (χ1v) is 7.64. The lowest BCUT2D eigenvalue weighted by Gasteiger charge is -2.45. The first kappa shape index (κ1) is 14.1. The number of likely N-dealkylation sites (tertiary alicyclic amines) is 1. The monoisotopic (exact) mass is 287 g/mol. The van der Waals surface area contributed by atoms with E-state index in [0.717, 1.165) is 19.3 Å². The van der Waals surface area contributed by atoms with Gasteiger partial charge in [0.2, 0.25) is 5.91 Å².